The first-order chi connectivity index (χ1) is 11.7. The molecule has 24 heavy (non-hydrogen) atoms. The summed E-state index contributed by atoms with van der Waals surface area (Å²) in [6.45, 7) is 15.0. The third kappa shape index (κ3) is 16.6. The minimum Gasteiger partial charge on any atom is -0.753 e. The van der Waals surface area contributed by atoms with Gasteiger partial charge in [0, 0.05) is 0 Å². The monoisotopic (exact) mass is 356 g/mol. The Kier molecular flexibility index (Phi) is 22.5. The zero-order valence-electron chi connectivity index (χ0n) is 17.1. The van der Waals surface area contributed by atoms with Crippen molar-refractivity contribution in [3.05, 3.63) is 5.41 Å². The third-order valence-electron chi connectivity index (χ3n) is 5.13. The van der Waals surface area contributed by atoms with Crippen molar-refractivity contribution in [3.8, 4) is 0 Å². The second-order valence-electron chi connectivity index (χ2n) is 7.10. The van der Waals surface area contributed by atoms with Crippen LogP contribution in [0.1, 0.15) is 105 Å². The van der Waals surface area contributed by atoms with Gasteiger partial charge in [0.05, 0.1) is 26.2 Å². The molecule has 0 aliphatic carbocycles. The molecule has 0 radical (unpaired) electrons. The fourth-order valence-electron chi connectivity index (χ4n) is 3.43. The molecular weight excluding hydrogens is 312 g/mol. The van der Waals surface area contributed by atoms with Crippen molar-refractivity contribution >= 4 is 17.4 Å². The van der Waals surface area contributed by atoms with Gasteiger partial charge in [-0.3, -0.25) is 0 Å². The predicted octanol–water partition coefficient (Wildman–Crippen LogP) is 7.22. The van der Waals surface area contributed by atoms with E-state index in [4.69, 9.17) is 5.41 Å². The van der Waals surface area contributed by atoms with Crippen LogP contribution in [-0.4, -0.2) is 35.8 Å². The van der Waals surface area contributed by atoms with Crippen molar-refractivity contribution in [3.63, 3.8) is 0 Å². The van der Waals surface area contributed by atoms with Gasteiger partial charge in [0.25, 0.3) is 0 Å². The zero-order valence-corrected chi connectivity index (χ0v) is 17.9. The summed E-state index contributed by atoms with van der Waals surface area (Å²) in [6.07, 6.45) is 17.0. The Hall–Kier alpha value is -0.240. The van der Waals surface area contributed by atoms with Gasteiger partial charge in [-0.05, 0) is 45.4 Å². The molecular formula is C21H44N2S. The number of nitrogens with zero attached hydrogens (tertiary/aromatic N) is 2. The van der Waals surface area contributed by atoms with E-state index >= 15 is 0 Å². The fraction of sp³-hybridized carbons (Fsp3) is 0.952. The number of thiocarbonyl (C=S) groups is 1. The summed E-state index contributed by atoms with van der Waals surface area (Å²) in [6, 6.07) is 0. The van der Waals surface area contributed by atoms with Crippen LogP contribution < -0.4 is 0 Å². The Morgan fingerprint density at radius 2 is 0.917 bits per heavy atom. The zero-order chi connectivity index (χ0) is 18.5. The molecule has 0 fully saturated rings. The highest BCUT2D eigenvalue weighted by molar-refractivity contribution is 7.78. The van der Waals surface area contributed by atoms with Crippen LogP contribution in [0.25, 0.3) is 5.41 Å². The molecule has 0 amide bonds. The van der Waals surface area contributed by atoms with Gasteiger partial charge in [-0.15, -0.1) is 0 Å². The summed E-state index contributed by atoms with van der Waals surface area (Å²) < 4.78 is 1.41. The van der Waals surface area contributed by atoms with Crippen molar-refractivity contribution in [2.75, 3.05) is 26.2 Å². The number of hydrogen-bond donors (Lipinski definition) is 0. The van der Waals surface area contributed by atoms with E-state index < -0.39 is 0 Å². The molecule has 0 aromatic heterocycles. The van der Waals surface area contributed by atoms with Crippen LogP contribution in [0.3, 0.4) is 0 Å². The smallest absolute Gasteiger partial charge is 0.0786 e. The van der Waals surface area contributed by atoms with Crippen molar-refractivity contribution in [2.45, 2.75) is 105 Å². The first-order valence-corrected chi connectivity index (χ1v) is 10.9. The lowest BCUT2D eigenvalue weighted by Gasteiger charge is -2.38. The van der Waals surface area contributed by atoms with E-state index in [-0.39, 0.29) is 0 Å². The van der Waals surface area contributed by atoms with Crippen LogP contribution in [-0.2, 0) is 0 Å². The molecule has 0 saturated heterocycles. The molecule has 0 rings (SSSR count). The summed E-state index contributed by atoms with van der Waals surface area (Å²) in [4.78, 5) is 0. The summed E-state index contributed by atoms with van der Waals surface area (Å²) in [5, 5.41) is 8.47. The van der Waals surface area contributed by atoms with E-state index in [1.807, 2.05) is 0 Å². The summed E-state index contributed by atoms with van der Waals surface area (Å²) in [5.74, 6) is 0. The molecule has 0 aliphatic rings. The van der Waals surface area contributed by atoms with Crippen molar-refractivity contribution < 1.29 is 4.48 Å². The summed E-state index contributed by atoms with van der Waals surface area (Å²) >= 11 is 3.70. The van der Waals surface area contributed by atoms with Crippen LogP contribution in [0.15, 0.2) is 0 Å². The van der Waals surface area contributed by atoms with E-state index in [1.54, 1.807) is 0 Å². The largest absolute Gasteiger partial charge is 0.753 e. The molecule has 0 unspecified atom stereocenters. The van der Waals surface area contributed by atoms with Gasteiger partial charge in [-0.1, -0.05) is 71.5 Å². The van der Waals surface area contributed by atoms with Crippen molar-refractivity contribution in [1.82, 2.24) is 0 Å². The Morgan fingerprint density at radius 3 is 1.12 bits per heavy atom. The maximum absolute atomic E-state index is 7.13. The highest BCUT2D eigenvalue weighted by atomic mass is 32.1. The number of rotatable bonds is 16. The topological polar surface area (TPSA) is 22.3 Å². The molecule has 0 aliphatic heterocycles. The summed E-state index contributed by atoms with van der Waals surface area (Å²) in [7, 11) is 0. The van der Waals surface area contributed by atoms with Gasteiger partial charge < -0.3 is 9.89 Å². The van der Waals surface area contributed by atoms with E-state index in [1.165, 1.54) is 113 Å². The van der Waals surface area contributed by atoms with Crippen LogP contribution in [0, 0.1) is 0 Å². The SMILES string of the molecule is CCCCCC[N+](CC)(CCCCCC)CCCCCC.[N-]=C=S. The number of isothiocyanates is 1. The highest BCUT2D eigenvalue weighted by Gasteiger charge is 2.23. The molecule has 0 N–H and O–H groups in total. The lowest BCUT2D eigenvalue weighted by atomic mass is 10.1. The second-order valence-corrected chi connectivity index (χ2v) is 7.28. The Morgan fingerprint density at radius 1 is 0.625 bits per heavy atom. The van der Waals surface area contributed by atoms with Crippen molar-refractivity contribution in [1.29, 1.82) is 0 Å². The first kappa shape index (κ1) is 26.0. The highest BCUT2D eigenvalue weighted by Crippen LogP contribution is 2.17. The Balaban J connectivity index is 0. The molecule has 3 heteroatoms. The van der Waals surface area contributed by atoms with Crippen LogP contribution in [0.2, 0.25) is 0 Å². The third-order valence-corrected chi connectivity index (χ3v) is 5.13. The van der Waals surface area contributed by atoms with Crippen LogP contribution in [0.5, 0.6) is 0 Å². The van der Waals surface area contributed by atoms with Gasteiger partial charge in [-0.2, -0.15) is 5.16 Å². The van der Waals surface area contributed by atoms with Crippen LogP contribution >= 0.6 is 12.2 Å². The number of quaternary nitrogens is 1. The molecule has 144 valence electrons. The molecule has 0 spiro atoms. The average molecular weight is 357 g/mol. The molecule has 2 nitrogen and oxygen atoms in total. The lowest BCUT2D eigenvalue weighted by Crippen LogP contribution is -2.50. The van der Waals surface area contributed by atoms with E-state index in [9.17, 15) is 0 Å². The normalized spacial score (nSPS) is 10.8. The average Bonchev–Trinajstić information content (AvgIpc) is 2.59. The molecule has 0 bridgehead atoms. The standard InChI is InChI=1S/C20H44N.CNS/c1-5-9-12-15-18-21(8-4,19-16-13-10-6-2)20-17-14-11-7-3;2-1-3/h5-20H2,1-4H3;/q+1;-1. The minimum absolute atomic E-state index is 1.33. The Bertz CT molecular complexity index is 242. The van der Waals surface area contributed by atoms with Gasteiger partial charge in [-0.25, -0.2) is 0 Å². The minimum atomic E-state index is 1.33. The van der Waals surface area contributed by atoms with Gasteiger partial charge in [0.15, 0.2) is 0 Å². The lowest BCUT2D eigenvalue weighted by molar-refractivity contribution is -0.927. The maximum Gasteiger partial charge on any atom is 0.0786 e. The molecule has 0 saturated carbocycles. The van der Waals surface area contributed by atoms with Gasteiger partial charge in [0.2, 0.25) is 0 Å². The molecule has 0 aromatic rings. The summed E-state index contributed by atoms with van der Waals surface area (Å²) in [5.41, 5.74) is 0. The fourth-order valence-corrected chi connectivity index (χ4v) is 3.43. The maximum atomic E-state index is 7.13. The Labute approximate surface area is 158 Å². The second kappa shape index (κ2) is 20.8. The number of unbranched alkanes of at least 4 members (excludes halogenated alkanes) is 9. The van der Waals surface area contributed by atoms with E-state index in [2.05, 4.69) is 39.9 Å². The molecule has 0 atom stereocenters. The molecule has 0 heterocycles. The number of hydrogen-bond acceptors (Lipinski definition) is 1. The van der Waals surface area contributed by atoms with E-state index in [0.29, 0.717) is 0 Å². The van der Waals surface area contributed by atoms with Crippen molar-refractivity contribution in [2.24, 2.45) is 0 Å². The van der Waals surface area contributed by atoms with Crippen LogP contribution in [0.4, 0.5) is 0 Å². The van der Waals surface area contributed by atoms with Gasteiger partial charge >= 0.3 is 0 Å². The van der Waals surface area contributed by atoms with E-state index in [0.717, 1.165) is 0 Å². The predicted molar refractivity (Wildman–Crippen MR) is 114 cm³/mol. The quantitative estimate of drug-likeness (QED) is 0.124. The van der Waals surface area contributed by atoms with Gasteiger partial charge in [0.1, 0.15) is 0 Å². The molecule has 0 aromatic carbocycles. The first-order valence-electron chi connectivity index (χ1n) is 10.5.